The zero-order valence-corrected chi connectivity index (χ0v) is 10.3. The van der Waals surface area contributed by atoms with E-state index in [2.05, 4.69) is 18.3 Å². The van der Waals surface area contributed by atoms with E-state index in [0.29, 0.717) is 18.6 Å². The molecule has 0 spiro atoms. The molecule has 1 aromatic heterocycles. The Morgan fingerprint density at radius 1 is 1.50 bits per heavy atom. The van der Waals surface area contributed by atoms with Gasteiger partial charge in [0.25, 0.3) is 0 Å². The fraction of sp³-hybridized carbons (Fsp3) is 0.692. The minimum absolute atomic E-state index is 0.332. The first-order valence-electron chi connectivity index (χ1n) is 6.01. The standard InChI is InChI=1S/C13H21NO2/c1-9(10-4-5-10)13(14-2)12-7-6-11(16-12)8-15-3/h6-7,9-10,13-14H,4-5,8H2,1-3H3. The van der Waals surface area contributed by atoms with Crippen molar-refractivity contribution < 1.29 is 9.15 Å². The van der Waals surface area contributed by atoms with Crippen molar-refractivity contribution in [2.45, 2.75) is 32.4 Å². The van der Waals surface area contributed by atoms with Crippen LogP contribution in [0, 0.1) is 11.8 Å². The third kappa shape index (κ3) is 2.47. The van der Waals surface area contributed by atoms with Crippen LogP contribution in [0.4, 0.5) is 0 Å². The number of nitrogens with one attached hydrogen (secondary N) is 1. The van der Waals surface area contributed by atoms with Gasteiger partial charge in [-0.3, -0.25) is 0 Å². The molecule has 1 saturated carbocycles. The van der Waals surface area contributed by atoms with E-state index in [1.165, 1.54) is 12.8 Å². The van der Waals surface area contributed by atoms with E-state index in [1.54, 1.807) is 7.11 Å². The Morgan fingerprint density at radius 3 is 2.81 bits per heavy atom. The molecular formula is C13H21NO2. The Kier molecular flexibility index (Phi) is 3.66. The molecule has 1 aromatic rings. The summed E-state index contributed by atoms with van der Waals surface area (Å²) in [4.78, 5) is 0. The lowest BCUT2D eigenvalue weighted by Crippen LogP contribution is -2.24. The van der Waals surface area contributed by atoms with Crippen molar-refractivity contribution in [1.29, 1.82) is 0 Å². The van der Waals surface area contributed by atoms with Gasteiger partial charge in [-0.2, -0.15) is 0 Å². The van der Waals surface area contributed by atoms with E-state index in [4.69, 9.17) is 9.15 Å². The van der Waals surface area contributed by atoms with E-state index in [-0.39, 0.29) is 0 Å². The van der Waals surface area contributed by atoms with Gasteiger partial charge in [-0.15, -0.1) is 0 Å². The minimum atomic E-state index is 0.332. The molecule has 0 amide bonds. The summed E-state index contributed by atoms with van der Waals surface area (Å²) in [6.45, 7) is 2.85. The molecule has 90 valence electrons. The van der Waals surface area contributed by atoms with Crippen molar-refractivity contribution in [3.8, 4) is 0 Å². The Labute approximate surface area is 97.2 Å². The molecule has 1 fully saturated rings. The monoisotopic (exact) mass is 223 g/mol. The maximum atomic E-state index is 5.79. The zero-order valence-electron chi connectivity index (χ0n) is 10.3. The van der Waals surface area contributed by atoms with Gasteiger partial charge in [0.05, 0.1) is 6.04 Å². The van der Waals surface area contributed by atoms with Gasteiger partial charge in [0.1, 0.15) is 18.1 Å². The van der Waals surface area contributed by atoms with Gasteiger partial charge in [0.2, 0.25) is 0 Å². The molecule has 1 aliphatic carbocycles. The van der Waals surface area contributed by atoms with Crippen molar-refractivity contribution in [3.63, 3.8) is 0 Å². The highest BCUT2D eigenvalue weighted by molar-refractivity contribution is 5.12. The van der Waals surface area contributed by atoms with Crippen molar-refractivity contribution in [2.75, 3.05) is 14.2 Å². The summed E-state index contributed by atoms with van der Waals surface area (Å²) in [6.07, 6.45) is 2.73. The van der Waals surface area contributed by atoms with Gasteiger partial charge in [-0.05, 0) is 43.9 Å². The maximum absolute atomic E-state index is 5.79. The fourth-order valence-electron chi connectivity index (χ4n) is 2.34. The number of hydrogen-bond donors (Lipinski definition) is 1. The third-order valence-corrected chi connectivity index (χ3v) is 3.48. The second-order valence-corrected chi connectivity index (χ2v) is 4.70. The molecule has 0 aliphatic heterocycles. The average Bonchev–Trinajstić information content (AvgIpc) is 3.03. The van der Waals surface area contributed by atoms with Crippen LogP contribution in [0.15, 0.2) is 16.5 Å². The van der Waals surface area contributed by atoms with Crippen LogP contribution in [0.1, 0.15) is 37.3 Å². The van der Waals surface area contributed by atoms with Gasteiger partial charge >= 0.3 is 0 Å². The lowest BCUT2D eigenvalue weighted by molar-refractivity contribution is 0.159. The molecule has 2 rings (SSSR count). The lowest BCUT2D eigenvalue weighted by atomic mass is 9.95. The summed E-state index contributed by atoms with van der Waals surface area (Å²) in [7, 11) is 3.69. The smallest absolute Gasteiger partial charge is 0.129 e. The first kappa shape index (κ1) is 11.7. The summed E-state index contributed by atoms with van der Waals surface area (Å²) < 4.78 is 10.8. The predicted molar refractivity (Wildman–Crippen MR) is 63.1 cm³/mol. The summed E-state index contributed by atoms with van der Waals surface area (Å²) in [5.74, 6) is 3.45. The highest BCUT2D eigenvalue weighted by atomic mass is 16.5. The topological polar surface area (TPSA) is 34.4 Å². The summed E-state index contributed by atoms with van der Waals surface area (Å²) >= 11 is 0. The van der Waals surface area contributed by atoms with Crippen LogP contribution in [-0.2, 0) is 11.3 Å². The Morgan fingerprint density at radius 2 is 2.25 bits per heavy atom. The van der Waals surface area contributed by atoms with E-state index >= 15 is 0 Å². The van der Waals surface area contributed by atoms with Crippen LogP contribution in [0.2, 0.25) is 0 Å². The normalized spacial score (nSPS) is 19.7. The Balaban J connectivity index is 2.06. The molecule has 2 unspecified atom stereocenters. The highest BCUT2D eigenvalue weighted by Crippen LogP contribution is 2.42. The van der Waals surface area contributed by atoms with Crippen LogP contribution in [0.25, 0.3) is 0 Å². The molecule has 3 nitrogen and oxygen atoms in total. The largest absolute Gasteiger partial charge is 0.462 e. The first-order chi connectivity index (χ1) is 7.76. The summed E-state index contributed by atoms with van der Waals surface area (Å²) in [5.41, 5.74) is 0. The van der Waals surface area contributed by atoms with Crippen LogP contribution in [-0.4, -0.2) is 14.2 Å². The van der Waals surface area contributed by atoms with Crippen molar-refractivity contribution >= 4 is 0 Å². The molecule has 1 N–H and O–H groups in total. The molecule has 0 bridgehead atoms. The molecule has 0 radical (unpaired) electrons. The number of ether oxygens (including phenoxy) is 1. The van der Waals surface area contributed by atoms with Crippen molar-refractivity contribution in [3.05, 3.63) is 23.7 Å². The van der Waals surface area contributed by atoms with Crippen molar-refractivity contribution in [2.24, 2.45) is 11.8 Å². The molecular weight excluding hydrogens is 202 g/mol. The predicted octanol–water partition coefficient (Wildman–Crippen LogP) is 2.73. The minimum Gasteiger partial charge on any atom is -0.462 e. The van der Waals surface area contributed by atoms with Crippen LogP contribution >= 0.6 is 0 Å². The zero-order chi connectivity index (χ0) is 11.5. The van der Waals surface area contributed by atoms with Crippen LogP contribution in [0.3, 0.4) is 0 Å². The average molecular weight is 223 g/mol. The molecule has 3 heteroatoms. The van der Waals surface area contributed by atoms with Gasteiger partial charge in [0, 0.05) is 7.11 Å². The third-order valence-electron chi connectivity index (χ3n) is 3.48. The van der Waals surface area contributed by atoms with Crippen LogP contribution < -0.4 is 5.32 Å². The molecule has 2 atom stereocenters. The van der Waals surface area contributed by atoms with Gasteiger partial charge < -0.3 is 14.5 Å². The fourth-order valence-corrected chi connectivity index (χ4v) is 2.34. The van der Waals surface area contributed by atoms with Gasteiger partial charge in [-0.25, -0.2) is 0 Å². The quantitative estimate of drug-likeness (QED) is 0.805. The van der Waals surface area contributed by atoms with E-state index in [0.717, 1.165) is 17.4 Å². The molecule has 0 saturated heterocycles. The number of methoxy groups -OCH3 is 1. The van der Waals surface area contributed by atoms with Gasteiger partial charge in [0.15, 0.2) is 0 Å². The first-order valence-corrected chi connectivity index (χ1v) is 6.01. The second-order valence-electron chi connectivity index (χ2n) is 4.70. The molecule has 16 heavy (non-hydrogen) atoms. The SMILES string of the molecule is CNC(c1ccc(COC)o1)C(C)C1CC1. The van der Waals surface area contributed by atoms with Crippen molar-refractivity contribution in [1.82, 2.24) is 5.32 Å². The Bertz CT molecular complexity index is 330. The molecule has 1 aliphatic rings. The summed E-state index contributed by atoms with van der Waals surface area (Å²) in [6, 6.07) is 4.40. The molecule has 1 heterocycles. The second kappa shape index (κ2) is 5.02. The summed E-state index contributed by atoms with van der Waals surface area (Å²) in [5, 5.41) is 3.36. The van der Waals surface area contributed by atoms with Gasteiger partial charge in [-0.1, -0.05) is 6.92 Å². The number of rotatable bonds is 6. The van der Waals surface area contributed by atoms with E-state index < -0.39 is 0 Å². The van der Waals surface area contributed by atoms with E-state index in [1.807, 2.05) is 13.1 Å². The Hall–Kier alpha value is -0.800. The highest BCUT2D eigenvalue weighted by Gasteiger charge is 2.34. The van der Waals surface area contributed by atoms with E-state index in [9.17, 15) is 0 Å². The van der Waals surface area contributed by atoms with Crippen LogP contribution in [0.5, 0.6) is 0 Å². The molecule has 0 aromatic carbocycles. The maximum Gasteiger partial charge on any atom is 0.129 e. The lowest BCUT2D eigenvalue weighted by Gasteiger charge is -2.21. The number of furan rings is 1. The number of hydrogen-bond acceptors (Lipinski definition) is 3.